The van der Waals surface area contributed by atoms with E-state index >= 15 is 0 Å². The first-order chi connectivity index (χ1) is 6.29. The van der Waals surface area contributed by atoms with Crippen molar-refractivity contribution in [3.8, 4) is 0 Å². The number of nitrogens with zero attached hydrogens (tertiary/aromatic N) is 1. The van der Waals surface area contributed by atoms with E-state index < -0.39 is 0 Å². The number of amides is 1. The molecule has 0 bridgehead atoms. The number of carbonyl (C=O) groups excluding carboxylic acids is 1. The second kappa shape index (κ2) is 3.64. The van der Waals surface area contributed by atoms with Crippen molar-refractivity contribution in [3.63, 3.8) is 0 Å². The Hall–Kier alpha value is -0.610. The number of aliphatic hydroxyl groups excluding tert-OH is 1. The second-order valence-corrected chi connectivity index (χ2v) is 4.08. The highest BCUT2D eigenvalue weighted by molar-refractivity contribution is 5.77. The number of likely N-dealkylation sites (tertiary alicyclic amines) is 1. The SMILES string of the molecule is O=C(CC1CNC1)N1CC(CO)C1. The van der Waals surface area contributed by atoms with Gasteiger partial charge in [-0.15, -0.1) is 0 Å². The van der Waals surface area contributed by atoms with Crippen molar-refractivity contribution < 1.29 is 9.90 Å². The zero-order valence-corrected chi connectivity index (χ0v) is 7.70. The van der Waals surface area contributed by atoms with Gasteiger partial charge >= 0.3 is 0 Å². The van der Waals surface area contributed by atoms with Gasteiger partial charge in [0.15, 0.2) is 0 Å². The highest BCUT2D eigenvalue weighted by Gasteiger charge is 2.31. The highest BCUT2D eigenvalue weighted by atomic mass is 16.3. The second-order valence-electron chi connectivity index (χ2n) is 4.08. The Bertz CT molecular complexity index is 198. The summed E-state index contributed by atoms with van der Waals surface area (Å²) < 4.78 is 0. The van der Waals surface area contributed by atoms with E-state index in [0.29, 0.717) is 18.3 Å². The minimum absolute atomic E-state index is 0.217. The first-order valence-corrected chi connectivity index (χ1v) is 4.89. The zero-order valence-electron chi connectivity index (χ0n) is 7.70. The fourth-order valence-electron chi connectivity index (χ4n) is 1.76. The van der Waals surface area contributed by atoms with Gasteiger partial charge in [0.05, 0.1) is 0 Å². The topological polar surface area (TPSA) is 52.6 Å². The van der Waals surface area contributed by atoms with E-state index in [1.54, 1.807) is 0 Å². The van der Waals surface area contributed by atoms with Crippen LogP contribution in [-0.2, 0) is 4.79 Å². The molecule has 2 rings (SSSR count). The summed E-state index contributed by atoms with van der Waals surface area (Å²) in [5, 5.41) is 11.9. The van der Waals surface area contributed by atoms with Crippen LogP contribution in [0.25, 0.3) is 0 Å². The normalized spacial score (nSPS) is 23.9. The lowest BCUT2D eigenvalue weighted by atomic mass is 9.95. The molecule has 4 heteroatoms. The maximum absolute atomic E-state index is 11.5. The molecule has 2 fully saturated rings. The average molecular weight is 184 g/mol. The minimum Gasteiger partial charge on any atom is -0.396 e. The molecular formula is C9H16N2O2. The van der Waals surface area contributed by atoms with Crippen LogP contribution in [0.4, 0.5) is 0 Å². The molecule has 0 aromatic heterocycles. The summed E-state index contributed by atoms with van der Waals surface area (Å²) in [6.45, 7) is 3.71. The summed E-state index contributed by atoms with van der Waals surface area (Å²) in [5.74, 6) is 1.15. The number of rotatable bonds is 3. The maximum atomic E-state index is 11.5. The fourth-order valence-corrected chi connectivity index (χ4v) is 1.76. The van der Waals surface area contributed by atoms with Gasteiger partial charge in [0, 0.05) is 32.0 Å². The molecule has 2 N–H and O–H groups in total. The highest BCUT2D eigenvalue weighted by Crippen LogP contribution is 2.18. The molecule has 0 aromatic carbocycles. The van der Waals surface area contributed by atoms with E-state index in [0.717, 1.165) is 26.2 Å². The van der Waals surface area contributed by atoms with E-state index in [-0.39, 0.29) is 12.5 Å². The lowest BCUT2D eigenvalue weighted by Gasteiger charge is -2.39. The molecule has 0 aliphatic carbocycles. The Labute approximate surface area is 77.9 Å². The average Bonchev–Trinajstić information content (AvgIpc) is 1.95. The number of hydrogen-bond donors (Lipinski definition) is 2. The quantitative estimate of drug-likeness (QED) is 0.594. The van der Waals surface area contributed by atoms with E-state index in [1.807, 2.05) is 4.90 Å². The third kappa shape index (κ3) is 1.84. The Kier molecular flexibility index (Phi) is 2.51. The van der Waals surface area contributed by atoms with Crippen LogP contribution >= 0.6 is 0 Å². The Morgan fingerprint density at radius 3 is 2.54 bits per heavy atom. The number of hydrogen-bond acceptors (Lipinski definition) is 3. The molecule has 2 aliphatic rings. The summed E-state index contributed by atoms with van der Waals surface area (Å²) in [7, 11) is 0. The molecule has 0 saturated carbocycles. The van der Waals surface area contributed by atoms with Gasteiger partial charge in [-0.2, -0.15) is 0 Å². The van der Waals surface area contributed by atoms with Crippen molar-refractivity contribution in [1.82, 2.24) is 10.2 Å². The summed E-state index contributed by atoms with van der Waals surface area (Å²) in [6, 6.07) is 0. The summed E-state index contributed by atoms with van der Waals surface area (Å²) in [4.78, 5) is 13.4. The molecule has 0 spiro atoms. The number of aliphatic hydroxyl groups is 1. The van der Waals surface area contributed by atoms with Gasteiger partial charge in [0.25, 0.3) is 0 Å². The monoisotopic (exact) mass is 184 g/mol. The van der Waals surface area contributed by atoms with Gasteiger partial charge in [-0.25, -0.2) is 0 Å². The first kappa shape index (κ1) is 8.97. The molecule has 13 heavy (non-hydrogen) atoms. The van der Waals surface area contributed by atoms with Gasteiger partial charge in [-0.05, 0) is 19.0 Å². The van der Waals surface area contributed by atoms with Crippen molar-refractivity contribution >= 4 is 5.91 Å². The zero-order chi connectivity index (χ0) is 9.26. The molecule has 0 unspecified atom stereocenters. The van der Waals surface area contributed by atoms with Gasteiger partial charge in [-0.3, -0.25) is 4.79 Å². The third-order valence-corrected chi connectivity index (χ3v) is 2.90. The van der Waals surface area contributed by atoms with Crippen molar-refractivity contribution in [2.75, 3.05) is 32.8 Å². The molecule has 2 saturated heterocycles. The molecule has 2 heterocycles. The maximum Gasteiger partial charge on any atom is 0.222 e. The molecule has 0 aromatic rings. The first-order valence-electron chi connectivity index (χ1n) is 4.89. The van der Waals surface area contributed by atoms with Crippen molar-refractivity contribution in [1.29, 1.82) is 0 Å². The van der Waals surface area contributed by atoms with Gasteiger partial charge in [0.1, 0.15) is 0 Å². The Morgan fingerprint density at radius 1 is 1.38 bits per heavy atom. The van der Waals surface area contributed by atoms with E-state index in [9.17, 15) is 4.79 Å². The molecule has 0 radical (unpaired) electrons. The summed E-state index contributed by atoms with van der Waals surface area (Å²) >= 11 is 0. The lowest BCUT2D eigenvalue weighted by molar-refractivity contribution is -0.139. The predicted octanol–water partition coefficient (Wildman–Crippen LogP) is -0.953. The Morgan fingerprint density at radius 2 is 2.08 bits per heavy atom. The Balaban J connectivity index is 1.67. The van der Waals surface area contributed by atoms with E-state index in [4.69, 9.17) is 5.11 Å². The molecule has 0 atom stereocenters. The largest absolute Gasteiger partial charge is 0.396 e. The number of carbonyl (C=O) groups is 1. The molecule has 74 valence electrons. The third-order valence-electron chi connectivity index (χ3n) is 2.90. The van der Waals surface area contributed by atoms with Crippen molar-refractivity contribution in [3.05, 3.63) is 0 Å². The van der Waals surface area contributed by atoms with Gasteiger partial charge < -0.3 is 15.3 Å². The van der Waals surface area contributed by atoms with Gasteiger partial charge in [-0.1, -0.05) is 0 Å². The molecular weight excluding hydrogens is 168 g/mol. The minimum atomic E-state index is 0.217. The van der Waals surface area contributed by atoms with Crippen molar-refractivity contribution in [2.24, 2.45) is 11.8 Å². The van der Waals surface area contributed by atoms with Crippen LogP contribution in [-0.4, -0.2) is 48.7 Å². The lowest BCUT2D eigenvalue weighted by Crippen LogP contribution is -2.53. The van der Waals surface area contributed by atoms with Crippen LogP contribution in [0.5, 0.6) is 0 Å². The van der Waals surface area contributed by atoms with Crippen LogP contribution in [0.3, 0.4) is 0 Å². The fraction of sp³-hybridized carbons (Fsp3) is 0.889. The summed E-state index contributed by atoms with van der Waals surface area (Å²) in [5.41, 5.74) is 0. The van der Waals surface area contributed by atoms with E-state index in [2.05, 4.69) is 5.32 Å². The number of nitrogens with one attached hydrogen (secondary N) is 1. The molecule has 4 nitrogen and oxygen atoms in total. The summed E-state index contributed by atoms with van der Waals surface area (Å²) in [6.07, 6.45) is 0.686. The van der Waals surface area contributed by atoms with Crippen LogP contribution in [0.1, 0.15) is 6.42 Å². The molecule has 2 aliphatic heterocycles. The predicted molar refractivity (Wildman–Crippen MR) is 48.1 cm³/mol. The van der Waals surface area contributed by atoms with Crippen LogP contribution < -0.4 is 5.32 Å². The standard InChI is InChI=1S/C9H16N2O2/c12-6-8-4-11(5-8)9(13)1-7-2-10-3-7/h7-8,10,12H,1-6H2. The van der Waals surface area contributed by atoms with Crippen LogP contribution in [0.15, 0.2) is 0 Å². The van der Waals surface area contributed by atoms with Crippen LogP contribution in [0, 0.1) is 11.8 Å². The van der Waals surface area contributed by atoms with Crippen LogP contribution in [0.2, 0.25) is 0 Å². The van der Waals surface area contributed by atoms with E-state index in [1.165, 1.54) is 0 Å². The molecule has 1 amide bonds. The smallest absolute Gasteiger partial charge is 0.222 e. The van der Waals surface area contributed by atoms with Crippen molar-refractivity contribution in [2.45, 2.75) is 6.42 Å². The van der Waals surface area contributed by atoms with Gasteiger partial charge in [0.2, 0.25) is 5.91 Å².